The number of carbonyl (C=O) groups is 3. The van der Waals surface area contributed by atoms with Crippen molar-refractivity contribution in [2.24, 2.45) is 0 Å². The SMILES string of the molecule is CC/C=C\C/C=C\C/C=C\C/C=C\C/C=C\C/C=C\CCC(=O)OC(COC(=O)CCCCCCC/C=C\CCCCC)COC(=O)CCCCCCCCCCCCCCCCCCCCCCCCCCCCC. The maximum absolute atomic E-state index is 12.9. The van der Waals surface area contributed by atoms with Gasteiger partial charge in [-0.05, 0) is 83.5 Å². The van der Waals surface area contributed by atoms with Crippen molar-refractivity contribution in [2.45, 2.75) is 329 Å². The zero-order chi connectivity index (χ0) is 55.0. The standard InChI is InChI=1S/C70H122O6/c1-4-7-10-13-16-19-22-25-27-29-31-32-33-34-35-36-37-38-40-41-43-45-48-51-54-57-60-63-69(72)75-66-67(65-74-68(71)62-59-56-53-50-47-24-21-18-15-12-9-6-3)76-70(73)64-61-58-55-52-49-46-44-42-39-30-28-26-23-20-17-14-11-8-5-2/h8,11,17-18,20-21,26,28,39,42,46,49,55,58,67H,4-7,9-10,12-16,19,22-25,27,29-38,40-41,43-45,47-48,50-54,56-57,59-66H2,1-3H3/b11-8-,20-17-,21-18-,28-26-,42-39-,49-46-,58-55-. The first-order valence-electron chi connectivity index (χ1n) is 32.6. The first kappa shape index (κ1) is 72.6. The van der Waals surface area contributed by atoms with Gasteiger partial charge in [-0.15, -0.1) is 0 Å². The highest BCUT2D eigenvalue weighted by atomic mass is 16.6. The molecule has 0 aliphatic carbocycles. The molecule has 6 heteroatoms. The van der Waals surface area contributed by atoms with Gasteiger partial charge < -0.3 is 14.2 Å². The molecule has 0 N–H and O–H groups in total. The van der Waals surface area contributed by atoms with Crippen LogP contribution in [0.1, 0.15) is 323 Å². The molecule has 0 spiro atoms. The van der Waals surface area contributed by atoms with Crippen molar-refractivity contribution < 1.29 is 28.6 Å². The van der Waals surface area contributed by atoms with Crippen LogP contribution in [-0.2, 0) is 28.6 Å². The average molecular weight is 1060 g/mol. The maximum atomic E-state index is 12.9. The van der Waals surface area contributed by atoms with E-state index in [1.165, 1.54) is 186 Å². The van der Waals surface area contributed by atoms with Crippen LogP contribution in [0.3, 0.4) is 0 Å². The third kappa shape index (κ3) is 61.4. The molecule has 0 aromatic heterocycles. The van der Waals surface area contributed by atoms with Crippen LogP contribution in [0, 0.1) is 0 Å². The zero-order valence-electron chi connectivity index (χ0n) is 50.3. The number of esters is 3. The highest BCUT2D eigenvalue weighted by Crippen LogP contribution is 2.17. The van der Waals surface area contributed by atoms with E-state index in [0.717, 1.165) is 89.9 Å². The van der Waals surface area contributed by atoms with Crippen molar-refractivity contribution in [3.63, 3.8) is 0 Å². The van der Waals surface area contributed by atoms with Crippen molar-refractivity contribution >= 4 is 17.9 Å². The summed E-state index contributed by atoms with van der Waals surface area (Å²) in [7, 11) is 0. The minimum Gasteiger partial charge on any atom is -0.462 e. The Morgan fingerprint density at radius 2 is 0.539 bits per heavy atom. The summed E-state index contributed by atoms with van der Waals surface area (Å²) in [6.07, 6.45) is 84.8. The van der Waals surface area contributed by atoms with E-state index in [1.807, 2.05) is 6.08 Å². The molecule has 0 bridgehead atoms. The predicted octanol–water partition coefficient (Wildman–Crippen LogP) is 22.3. The molecule has 6 nitrogen and oxygen atoms in total. The summed E-state index contributed by atoms with van der Waals surface area (Å²) < 4.78 is 16.8. The van der Waals surface area contributed by atoms with Gasteiger partial charge in [-0.25, -0.2) is 0 Å². The molecule has 0 saturated heterocycles. The van der Waals surface area contributed by atoms with E-state index in [0.29, 0.717) is 19.3 Å². The highest BCUT2D eigenvalue weighted by molar-refractivity contribution is 5.71. The van der Waals surface area contributed by atoms with Crippen molar-refractivity contribution in [3.05, 3.63) is 85.1 Å². The van der Waals surface area contributed by atoms with Gasteiger partial charge >= 0.3 is 17.9 Å². The van der Waals surface area contributed by atoms with Gasteiger partial charge in [0, 0.05) is 19.3 Å². The van der Waals surface area contributed by atoms with Gasteiger partial charge in [0.2, 0.25) is 0 Å². The molecule has 0 fully saturated rings. The fourth-order valence-corrected chi connectivity index (χ4v) is 9.29. The van der Waals surface area contributed by atoms with E-state index in [9.17, 15) is 14.4 Å². The Morgan fingerprint density at radius 3 is 0.882 bits per heavy atom. The number of rotatable bonds is 59. The second-order valence-corrected chi connectivity index (χ2v) is 21.6. The van der Waals surface area contributed by atoms with Gasteiger partial charge in [-0.3, -0.25) is 14.4 Å². The summed E-state index contributed by atoms with van der Waals surface area (Å²) >= 11 is 0. The van der Waals surface area contributed by atoms with Gasteiger partial charge in [0.05, 0.1) is 0 Å². The summed E-state index contributed by atoms with van der Waals surface area (Å²) in [5.41, 5.74) is 0. The molecule has 0 amide bonds. The molecular weight excluding hydrogens is 937 g/mol. The molecule has 438 valence electrons. The molecule has 1 atom stereocenters. The topological polar surface area (TPSA) is 78.9 Å². The molecule has 0 radical (unpaired) electrons. The summed E-state index contributed by atoms with van der Waals surface area (Å²) in [6.45, 7) is 6.47. The van der Waals surface area contributed by atoms with Gasteiger partial charge in [-0.1, -0.05) is 305 Å². The van der Waals surface area contributed by atoms with Crippen LogP contribution < -0.4 is 0 Å². The Hall–Kier alpha value is -3.41. The van der Waals surface area contributed by atoms with Crippen LogP contribution >= 0.6 is 0 Å². The van der Waals surface area contributed by atoms with Gasteiger partial charge in [0.1, 0.15) is 13.2 Å². The van der Waals surface area contributed by atoms with Crippen LogP contribution in [0.2, 0.25) is 0 Å². The Labute approximate surface area is 471 Å². The van der Waals surface area contributed by atoms with Crippen LogP contribution in [0.4, 0.5) is 0 Å². The molecule has 0 aromatic carbocycles. The number of carbonyl (C=O) groups excluding carboxylic acids is 3. The van der Waals surface area contributed by atoms with Gasteiger partial charge in [-0.2, -0.15) is 0 Å². The lowest BCUT2D eigenvalue weighted by Gasteiger charge is -2.18. The van der Waals surface area contributed by atoms with Crippen LogP contribution in [0.5, 0.6) is 0 Å². The predicted molar refractivity (Wildman–Crippen MR) is 330 cm³/mol. The van der Waals surface area contributed by atoms with Crippen molar-refractivity contribution in [2.75, 3.05) is 13.2 Å². The molecule has 0 aliphatic heterocycles. The lowest BCUT2D eigenvalue weighted by molar-refractivity contribution is -0.166. The van der Waals surface area contributed by atoms with Crippen LogP contribution in [-0.4, -0.2) is 37.2 Å². The molecule has 0 heterocycles. The maximum Gasteiger partial charge on any atom is 0.306 e. The fraction of sp³-hybridized carbons (Fsp3) is 0.757. The minimum atomic E-state index is -0.820. The highest BCUT2D eigenvalue weighted by Gasteiger charge is 2.19. The largest absolute Gasteiger partial charge is 0.462 e. The molecule has 0 rings (SSSR count). The van der Waals surface area contributed by atoms with Crippen molar-refractivity contribution in [1.29, 1.82) is 0 Å². The Bertz CT molecular complexity index is 1450. The molecule has 76 heavy (non-hydrogen) atoms. The molecule has 0 aliphatic rings. The minimum absolute atomic E-state index is 0.107. The van der Waals surface area contributed by atoms with Gasteiger partial charge in [0.25, 0.3) is 0 Å². The number of hydrogen-bond acceptors (Lipinski definition) is 6. The Morgan fingerprint density at radius 1 is 0.276 bits per heavy atom. The smallest absolute Gasteiger partial charge is 0.306 e. The molecule has 0 aromatic rings. The molecule has 0 saturated carbocycles. The summed E-state index contributed by atoms with van der Waals surface area (Å²) in [6, 6.07) is 0. The monoisotopic (exact) mass is 1060 g/mol. The summed E-state index contributed by atoms with van der Waals surface area (Å²) in [5, 5.41) is 0. The summed E-state index contributed by atoms with van der Waals surface area (Å²) in [5.74, 6) is -0.990. The lowest BCUT2D eigenvalue weighted by atomic mass is 10.0. The van der Waals surface area contributed by atoms with E-state index < -0.39 is 12.1 Å². The number of hydrogen-bond donors (Lipinski definition) is 0. The van der Waals surface area contributed by atoms with E-state index in [2.05, 4.69) is 99.8 Å². The number of unbranched alkanes of at least 4 members (excludes halogenated alkanes) is 34. The summed E-state index contributed by atoms with van der Waals surface area (Å²) in [4.78, 5) is 38.2. The Kier molecular flexibility index (Phi) is 61.2. The van der Waals surface area contributed by atoms with Crippen LogP contribution in [0.25, 0.3) is 0 Å². The normalized spacial score (nSPS) is 12.6. The van der Waals surface area contributed by atoms with Crippen molar-refractivity contribution in [3.8, 4) is 0 Å². The van der Waals surface area contributed by atoms with E-state index in [-0.39, 0.29) is 31.6 Å². The number of allylic oxidation sites excluding steroid dienone is 14. The molecule has 1 unspecified atom stereocenters. The zero-order valence-corrected chi connectivity index (χ0v) is 50.3. The van der Waals surface area contributed by atoms with Crippen molar-refractivity contribution in [1.82, 2.24) is 0 Å². The second kappa shape index (κ2) is 64.1. The second-order valence-electron chi connectivity index (χ2n) is 21.6. The first-order valence-corrected chi connectivity index (χ1v) is 32.6. The van der Waals surface area contributed by atoms with E-state index >= 15 is 0 Å². The van der Waals surface area contributed by atoms with E-state index in [1.54, 1.807) is 0 Å². The third-order valence-corrected chi connectivity index (χ3v) is 14.1. The quantitative estimate of drug-likeness (QED) is 0.0261. The van der Waals surface area contributed by atoms with Crippen LogP contribution in [0.15, 0.2) is 85.1 Å². The first-order chi connectivity index (χ1) is 37.5. The molecular formula is C70H122O6. The Balaban J connectivity index is 4.30. The lowest BCUT2D eigenvalue weighted by Crippen LogP contribution is -2.30. The van der Waals surface area contributed by atoms with E-state index in [4.69, 9.17) is 14.2 Å². The number of ether oxygens (including phenoxy) is 3. The third-order valence-electron chi connectivity index (χ3n) is 14.1. The fourth-order valence-electron chi connectivity index (χ4n) is 9.29. The average Bonchev–Trinajstić information content (AvgIpc) is 3.42. The van der Waals surface area contributed by atoms with Gasteiger partial charge in [0.15, 0.2) is 6.10 Å².